The minimum atomic E-state index is -3.88. The molecule has 0 fully saturated rings. The molecule has 0 rings (SSSR count). The summed E-state index contributed by atoms with van der Waals surface area (Å²) in [5.74, 6) is 0. The molecule has 0 saturated carbocycles. The third kappa shape index (κ3) is 3.22. The van der Waals surface area contributed by atoms with Crippen LogP contribution in [0, 0.1) is 0 Å². The first-order chi connectivity index (χ1) is 4.00. The Morgan fingerprint density at radius 2 is 2.00 bits per heavy atom. The second-order valence-electron chi connectivity index (χ2n) is 1.04. The van der Waals surface area contributed by atoms with E-state index in [-0.39, 0.29) is 9.95 Å². The van der Waals surface area contributed by atoms with Crippen molar-refractivity contribution in [1.82, 2.24) is 3.34 Å². The number of hydrogen-bond acceptors (Lipinski definition) is 3. The molecule has 0 bridgehead atoms. The summed E-state index contributed by atoms with van der Waals surface area (Å²) in [5, 5.41) is 0. The molecule has 9 heavy (non-hydrogen) atoms. The van der Waals surface area contributed by atoms with Gasteiger partial charge >= 0.3 is 10.3 Å². The van der Waals surface area contributed by atoms with Crippen LogP contribution in [0.4, 0.5) is 0 Å². The fourth-order valence-corrected chi connectivity index (χ4v) is 0.805. The van der Waals surface area contributed by atoms with Crippen LogP contribution in [0.25, 0.3) is 0 Å². The van der Waals surface area contributed by atoms with E-state index in [0.29, 0.717) is 0 Å². The minimum absolute atomic E-state index is 0.0122. The van der Waals surface area contributed by atoms with Gasteiger partial charge in [0.25, 0.3) is 0 Å². The van der Waals surface area contributed by atoms with Crippen molar-refractivity contribution >= 4 is 33.9 Å². The standard InChI is InChI=1S/C2H5Cl2NO3S/c1-2-8-9(6,7)5(3)4/h2H2,1H3. The SMILES string of the molecule is CCOS(=O)(=O)N(Cl)Cl. The Morgan fingerprint density at radius 1 is 1.56 bits per heavy atom. The second-order valence-corrected chi connectivity index (χ2v) is 3.74. The molecule has 0 atom stereocenters. The van der Waals surface area contributed by atoms with E-state index >= 15 is 0 Å². The second kappa shape index (κ2) is 3.58. The van der Waals surface area contributed by atoms with Crippen molar-refractivity contribution in [1.29, 1.82) is 0 Å². The summed E-state index contributed by atoms with van der Waals surface area (Å²) < 4.78 is 24.8. The molecule has 0 saturated heterocycles. The molecule has 56 valence electrons. The van der Waals surface area contributed by atoms with E-state index in [1.54, 1.807) is 0 Å². The highest BCUT2D eigenvalue weighted by Crippen LogP contribution is 2.09. The van der Waals surface area contributed by atoms with Gasteiger partial charge in [-0.1, -0.05) is 0 Å². The molecule has 0 aromatic heterocycles. The maximum absolute atomic E-state index is 10.4. The van der Waals surface area contributed by atoms with E-state index in [9.17, 15) is 8.42 Å². The Hall–Kier alpha value is 0.450. The molecular weight excluding hydrogens is 189 g/mol. The normalized spacial score (nSPS) is 12.4. The van der Waals surface area contributed by atoms with Gasteiger partial charge in [-0.25, -0.2) is 0 Å². The molecule has 0 heterocycles. The van der Waals surface area contributed by atoms with E-state index in [4.69, 9.17) is 23.6 Å². The van der Waals surface area contributed by atoms with Crippen LogP contribution >= 0.6 is 23.6 Å². The average Bonchev–Trinajstić information content (AvgIpc) is 1.65. The van der Waals surface area contributed by atoms with Gasteiger partial charge in [-0.3, -0.25) is 4.18 Å². The van der Waals surface area contributed by atoms with Crippen LogP contribution in [-0.2, 0) is 14.5 Å². The number of rotatable bonds is 3. The number of hydrogen-bond donors (Lipinski definition) is 0. The summed E-state index contributed by atoms with van der Waals surface area (Å²) in [7, 11) is -3.88. The summed E-state index contributed by atoms with van der Waals surface area (Å²) in [4.78, 5) is 0. The number of halogens is 2. The van der Waals surface area contributed by atoms with Crippen molar-refractivity contribution < 1.29 is 12.6 Å². The smallest absolute Gasteiger partial charge is 0.256 e. The predicted molar refractivity (Wildman–Crippen MR) is 34.1 cm³/mol. The topological polar surface area (TPSA) is 46.6 Å². The van der Waals surface area contributed by atoms with E-state index in [2.05, 4.69) is 4.18 Å². The Morgan fingerprint density at radius 3 is 2.11 bits per heavy atom. The van der Waals surface area contributed by atoms with Gasteiger partial charge in [0, 0.05) is 26.9 Å². The average molecular weight is 194 g/mol. The third-order valence-electron chi connectivity index (χ3n) is 0.436. The van der Waals surface area contributed by atoms with Gasteiger partial charge in [-0.15, -0.1) is 0 Å². The molecule has 0 aliphatic heterocycles. The largest absolute Gasteiger partial charge is 0.366 e. The van der Waals surface area contributed by atoms with Crippen molar-refractivity contribution in [2.45, 2.75) is 6.92 Å². The van der Waals surface area contributed by atoms with Gasteiger partial charge < -0.3 is 0 Å². The van der Waals surface area contributed by atoms with Crippen molar-refractivity contribution in [2.75, 3.05) is 6.61 Å². The monoisotopic (exact) mass is 193 g/mol. The van der Waals surface area contributed by atoms with Crippen LogP contribution < -0.4 is 0 Å². The zero-order valence-electron chi connectivity index (χ0n) is 4.54. The molecule has 0 radical (unpaired) electrons. The summed E-state index contributed by atoms with van der Waals surface area (Å²) >= 11 is 9.67. The highest BCUT2D eigenvalue weighted by Gasteiger charge is 2.17. The van der Waals surface area contributed by atoms with Gasteiger partial charge in [0.2, 0.25) is 0 Å². The Labute approximate surface area is 63.8 Å². The molecule has 0 unspecified atom stereocenters. The van der Waals surface area contributed by atoms with Crippen LogP contribution in [-0.4, -0.2) is 18.4 Å². The maximum atomic E-state index is 10.4. The van der Waals surface area contributed by atoms with Crippen LogP contribution in [0.1, 0.15) is 6.92 Å². The predicted octanol–water partition coefficient (Wildman–Crippen LogP) is 0.877. The van der Waals surface area contributed by atoms with Gasteiger partial charge in [-0.2, -0.15) is 8.42 Å². The number of nitrogens with zero attached hydrogens (tertiary/aromatic N) is 1. The summed E-state index contributed by atoms with van der Waals surface area (Å²) in [6.07, 6.45) is 0. The van der Waals surface area contributed by atoms with Gasteiger partial charge in [0.15, 0.2) is 0 Å². The first kappa shape index (κ1) is 9.45. The van der Waals surface area contributed by atoms with E-state index in [0.717, 1.165) is 0 Å². The van der Waals surface area contributed by atoms with E-state index in [1.165, 1.54) is 6.92 Å². The Kier molecular flexibility index (Phi) is 3.76. The lowest BCUT2D eigenvalue weighted by molar-refractivity contribution is 0.326. The first-order valence-corrected chi connectivity index (χ1v) is 4.06. The van der Waals surface area contributed by atoms with Gasteiger partial charge in [0.1, 0.15) is 0 Å². The quantitative estimate of drug-likeness (QED) is 0.626. The highest BCUT2D eigenvalue weighted by molar-refractivity contribution is 7.86. The third-order valence-corrected chi connectivity index (χ3v) is 2.32. The van der Waals surface area contributed by atoms with Gasteiger partial charge in [-0.05, 0) is 6.92 Å². The minimum Gasteiger partial charge on any atom is -0.256 e. The fraction of sp³-hybridized carbons (Fsp3) is 1.00. The molecule has 4 nitrogen and oxygen atoms in total. The summed E-state index contributed by atoms with van der Waals surface area (Å²) in [6.45, 7) is 1.52. The fourth-order valence-electron chi connectivity index (χ4n) is 0.189. The van der Waals surface area contributed by atoms with Crippen molar-refractivity contribution in [2.24, 2.45) is 0 Å². The van der Waals surface area contributed by atoms with Crippen LogP contribution in [0.2, 0.25) is 0 Å². The summed E-state index contributed by atoms with van der Waals surface area (Å²) in [5.41, 5.74) is 0. The molecule has 0 N–H and O–H groups in total. The lowest BCUT2D eigenvalue weighted by Gasteiger charge is -2.02. The zero-order chi connectivity index (χ0) is 7.49. The molecule has 0 aromatic carbocycles. The van der Waals surface area contributed by atoms with Gasteiger partial charge in [0.05, 0.1) is 6.61 Å². The Bertz CT molecular complexity index is 165. The molecule has 7 heteroatoms. The van der Waals surface area contributed by atoms with Crippen LogP contribution in [0.15, 0.2) is 0 Å². The molecule has 0 amide bonds. The molecule has 0 aliphatic carbocycles. The molecule has 0 aromatic rings. The zero-order valence-corrected chi connectivity index (χ0v) is 6.87. The molecule has 0 aliphatic rings. The first-order valence-electron chi connectivity index (χ1n) is 2.02. The van der Waals surface area contributed by atoms with Crippen molar-refractivity contribution in [3.05, 3.63) is 0 Å². The summed E-state index contributed by atoms with van der Waals surface area (Å²) in [6, 6.07) is 0. The van der Waals surface area contributed by atoms with Crippen molar-refractivity contribution in [3.8, 4) is 0 Å². The lowest BCUT2D eigenvalue weighted by Crippen LogP contribution is -2.15. The van der Waals surface area contributed by atoms with Crippen molar-refractivity contribution in [3.63, 3.8) is 0 Å². The van der Waals surface area contributed by atoms with E-state index in [1.807, 2.05) is 0 Å². The van der Waals surface area contributed by atoms with Crippen LogP contribution in [0.5, 0.6) is 0 Å². The molecular formula is C2H5Cl2NO3S. The van der Waals surface area contributed by atoms with Crippen LogP contribution in [0.3, 0.4) is 0 Å². The highest BCUT2D eigenvalue weighted by atomic mass is 35.5. The molecule has 0 spiro atoms. The van der Waals surface area contributed by atoms with E-state index < -0.39 is 10.3 Å². The lowest BCUT2D eigenvalue weighted by atomic mass is 10.9. The maximum Gasteiger partial charge on any atom is 0.366 e. The Balaban J connectivity index is 4.05.